The van der Waals surface area contributed by atoms with Gasteiger partial charge >= 0.3 is 0 Å². The summed E-state index contributed by atoms with van der Waals surface area (Å²) in [4.78, 5) is 4.17. The summed E-state index contributed by atoms with van der Waals surface area (Å²) in [5.41, 5.74) is 3.19. The molecule has 1 N–H and O–H groups in total. The number of fused-ring (bicyclic) bond motifs is 1. The quantitative estimate of drug-likeness (QED) is 0.780. The number of aromatic hydroxyl groups is 1. The van der Waals surface area contributed by atoms with E-state index in [4.69, 9.17) is 0 Å². The lowest BCUT2D eigenvalue weighted by molar-refractivity contribution is 0.474. The van der Waals surface area contributed by atoms with Crippen molar-refractivity contribution in [2.75, 3.05) is 0 Å². The third kappa shape index (κ3) is 1.38. The minimum Gasteiger partial charge on any atom is -0.506 e. The summed E-state index contributed by atoms with van der Waals surface area (Å²) in [7, 11) is 0. The molecular weight excluding hydrogens is 242 g/mol. The standard InChI is InChI=1S/C11H10BrNO/c1-6-3-10-9(7(2)11(6)12)4-8(14)5-13-10/h3-5,14H,1-2H3. The number of pyridine rings is 1. The van der Waals surface area contributed by atoms with Crippen LogP contribution in [0.15, 0.2) is 22.8 Å². The van der Waals surface area contributed by atoms with E-state index < -0.39 is 0 Å². The molecule has 72 valence electrons. The fourth-order valence-corrected chi connectivity index (χ4v) is 1.89. The highest BCUT2D eigenvalue weighted by atomic mass is 79.9. The second-order valence-corrected chi connectivity index (χ2v) is 4.19. The number of hydrogen-bond donors (Lipinski definition) is 1. The molecule has 0 spiro atoms. The molecule has 0 saturated heterocycles. The van der Waals surface area contributed by atoms with E-state index in [2.05, 4.69) is 20.9 Å². The Hall–Kier alpha value is -1.09. The molecule has 1 heterocycles. The highest BCUT2D eigenvalue weighted by Crippen LogP contribution is 2.29. The maximum atomic E-state index is 9.34. The summed E-state index contributed by atoms with van der Waals surface area (Å²) >= 11 is 3.52. The molecule has 0 radical (unpaired) electrons. The van der Waals surface area contributed by atoms with Crippen molar-refractivity contribution in [3.05, 3.63) is 33.9 Å². The van der Waals surface area contributed by atoms with Gasteiger partial charge in [0.1, 0.15) is 5.75 Å². The molecule has 2 aromatic rings. The minimum absolute atomic E-state index is 0.205. The first kappa shape index (κ1) is 9.46. The van der Waals surface area contributed by atoms with Gasteiger partial charge in [-0.2, -0.15) is 0 Å². The second-order valence-electron chi connectivity index (χ2n) is 3.39. The largest absolute Gasteiger partial charge is 0.506 e. The van der Waals surface area contributed by atoms with Gasteiger partial charge in [-0.1, -0.05) is 15.9 Å². The predicted molar refractivity (Wildman–Crippen MR) is 60.6 cm³/mol. The lowest BCUT2D eigenvalue weighted by atomic mass is 10.1. The summed E-state index contributed by atoms with van der Waals surface area (Å²) in [6.07, 6.45) is 1.47. The summed E-state index contributed by atoms with van der Waals surface area (Å²) in [6.45, 7) is 4.05. The van der Waals surface area contributed by atoms with Crippen LogP contribution in [-0.4, -0.2) is 10.1 Å². The van der Waals surface area contributed by atoms with Crippen molar-refractivity contribution in [1.82, 2.24) is 4.98 Å². The lowest BCUT2D eigenvalue weighted by Crippen LogP contribution is -1.87. The van der Waals surface area contributed by atoms with Gasteiger partial charge in [0, 0.05) is 9.86 Å². The van der Waals surface area contributed by atoms with Gasteiger partial charge in [0.25, 0.3) is 0 Å². The zero-order valence-corrected chi connectivity index (χ0v) is 9.59. The fraction of sp³-hybridized carbons (Fsp3) is 0.182. The van der Waals surface area contributed by atoms with Gasteiger partial charge in [-0.3, -0.25) is 4.98 Å². The van der Waals surface area contributed by atoms with Crippen molar-refractivity contribution in [3.63, 3.8) is 0 Å². The molecular formula is C11H10BrNO. The number of rotatable bonds is 0. The number of benzene rings is 1. The van der Waals surface area contributed by atoms with E-state index in [0.29, 0.717) is 0 Å². The topological polar surface area (TPSA) is 33.1 Å². The van der Waals surface area contributed by atoms with Crippen molar-refractivity contribution in [2.45, 2.75) is 13.8 Å². The van der Waals surface area contributed by atoms with Crippen molar-refractivity contribution in [2.24, 2.45) is 0 Å². The molecule has 0 unspecified atom stereocenters. The minimum atomic E-state index is 0.205. The number of halogens is 1. The van der Waals surface area contributed by atoms with E-state index in [-0.39, 0.29) is 5.75 Å². The van der Waals surface area contributed by atoms with E-state index in [1.54, 1.807) is 6.07 Å². The van der Waals surface area contributed by atoms with Gasteiger partial charge in [-0.15, -0.1) is 0 Å². The Bertz CT molecular complexity index is 508. The number of nitrogens with zero attached hydrogens (tertiary/aromatic N) is 1. The van der Waals surface area contributed by atoms with Gasteiger partial charge in [-0.25, -0.2) is 0 Å². The molecule has 0 aliphatic carbocycles. The molecule has 14 heavy (non-hydrogen) atoms. The van der Waals surface area contributed by atoms with Crippen LogP contribution in [0.2, 0.25) is 0 Å². The predicted octanol–water partition coefficient (Wildman–Crippen LogP) is 3.32. The number of aryl methyl sites for hydroxylation is 2. The monoisotopic (exact) mass is 251 g/mol. The van der Waals surface area contributed by atoms with E-state index in [1.165, 1.54) is 6.20 Å². The first-order valence-corrected chi connectivity index (χ1v) is 5.13. The third-order valence-corrected chi connectivity index (χ3v) is 3.56. The van der Waals surface area contributed by atoms with Crippen LogP contribution in [0.4, 0.5) is 0 Å². The van der Waals surface area contributed by atoms with Gasteiger partial charge in [0.2, 0.25) is 0 Å². The second kappa shape index (κ2) is 3.24. The molecule has 0 bridgehead atoms. The van der Waals surface area contributed by atoms with Crippen molar-refractivity contribution in [3.8, 4) is 5.75 Å². The van der Waals surface area contributed by atoms with E-state index in [0.717, 1.165) is 26.5 Å². The Kier molecular flexibility index (Phi) is 2.19. The zero-order chi connectivity index (χ0) is 10.3. The number of hydrogen-bond acceptors (Lipinski definition) is 2. The molecule has 0 amide bonds. The molecule has 0 atom stereocenters. The number of aromatic nitrogens is 1. The summed E-state index contributed by atoms with van der Waals surface area (Å²) in [5.74, 6) is 0.205. The molecule has 0 aliphatic rings. The van der Waals surface area contributed by atoms with Gasteiger partial charge in [0.05, 0.1) is 11.7 Å². The van der Waals surface area contributed by atoms with Crippen LogP contribution in [0, 0.1) is 13.8 Å². The van der Waals surface area contributed by atoms with Crippen LogP contribution in [-0.2, 0) is 0 Å². The highest BCUT2D eigenvalue weighted by molar-refractivity contribution is 9.10. The molecule has 0 aliphatic heterocycles. The Morgan fingerprint density at radius 1 is 1.29 bits per heavy atom. The maximum Gasteiger partial charge on any atom is 0.134 e. The SMILES string of the molecule is Cc1cc2ncc(O)cc2c(C)c1Br. The maximum absolute atomic E-state index is 9.34. The van der Waals surface area contributed by atoms with Gasteiger partial charge in [0.15, 0.2) is 0 Å². The van der Waals surface area contributed by atoms with Crippen molar-refractivity contribution < 1.29 is 5.11 Å². The first-order valence-electron chi connectivity index (χ1n) is 4.34. The first-order chi connectivity index (χ1) is 6.59. The summed E-state index contributed by atoms with van der Waals surface area (Å²) in [6, 6.07) is 3.74. The fourth-order valence-electron chi connectivity index (χ4n) is 1.56. The highest BCUT2D eigenvalue weighted by Gasteiger charge is 2.06. The summed E-state index contributed by atoms with van der Waals surface area (Å²) < 4.78 is 1.08. The molecule has 0 saturated carbocycles. The molecule has 2 rings (SSSR count). The van der Waals surface area contributed by atoms with Crippen LogP contribution < -0.4 is 0 Å². The van der Waals surface area contributed by atoms with Crippen LogP contribution in [0.25, 0.3) is 10.9 Å². The Morgan fingerprint density at radius 3 is 2.71 bits per heavy atom. The molecule has 3 heteroatoms. The summed E-state index contributed by atoms with van der Waals surface area (Å²) in [5, 5.41) is 10.3. The molecule has 0 fully saturated rings. The van der Waals surface area contributed by atoms with Gasteiger partial charge < -0.3 is 5.11 Å². The lowest BCUT2D eigenvalue weighted by Gasteiger charge is -2.07. The van der Waals surface area contributed by atoms with Crippen molar-refractivity contribution in [1.29, 1.82) is 0 Å². The van der Waals surface area contributed by atoms with Gasteiger partial charge in [-0.05, 0) is 37.1 Å². The smallest absolute Gasteiger partial charge is 0.134 e. The van der Waals surface area contributed by atoms with E-state index >= 15 is 0 Å². The van der Waals surface area contributed by atoms with E-state index in [1.807, 2.05) is 19.9 Å². The normalized spacial score (nSPS) is 10.8. The van der Waals surface area contributed by atoms with Crippen LogP contribution in [0.3, 0.4) is 0 Å². The van der Waals surface area contributed by atoms with Crippen molar-refractivity contribution >= 4 is 26.8 Å². The third-order valence-electron chi connectivity index (χ3n) is 2.34. The molecule has 2 nitrogen and oxygen atoms in total. The van der Waals surface area contributed by atoms with Crippen LogP contribution in [0.5, 0.6) is 5.75 Å². The van der Waals surface area contributed by atoms with Crippen LogP contribution in [0.1, 0.15) is 11.1 Å². The Balaban J connectivity index is 2.92. The molecule has 1 aromatic heterocycles. The Labute approximate surface area is 90.7 Å². The van der Waals surface area contributed by atoms with Crippen LogP contribution >= 0.6 is 15.9 Å². The Morgan fingerprint density at radius 2 is 2.00 bits per heavy atom. The zero-order valence-electron chi connectivity index (χ0n) is 8.00. The molecule has 1 aromatic carbocycles. The average molecular weight is 252 g/mol. The average Bonchev–Trinajstić information content (AvgIpc) is 2.16. The van der Waals surface area contributed by atoms with E-state index in [9.17, 15) is 5.11 Å².